The molecule has 0 aliphatic carbocycles. The van der Waals surface area contributed by atoms with E-state index in [1.54, 1.807) is 0 Å². The first kappa shape index (κ1) is 17.2. The highest BCUT2D eigenvalue weighted by atomic mass is 127. The van der Waals surface area contributed by atoms with Gasteiger partial charge in [-0.3, -0.25) is 4.68 Å². The Balaban J connectivity index is 2.52. The molecule has 0 amide bonds. The first-order valence-corrected chi connectivity index (χ1v) is 9.23. The average molecular weight is 483 g/mol. The number of aromatic nitrogens is 2. The van der Waals surface area contributed by atoms with Crippen LogP contribution < -0.4 is 5.32 Å². The van der Waals surface area contributed by atoms with Crippen molar-refractivity contribution in [2.45, 2.75) is 32.9 Å². The van der Waals surface area contributed by atoms with Gasteiger partial charge in [-0.2, -0.15) is 5.10 Å². The third-order valence-electron chi connectivity index (χ3n) is 3.27. The second-order valence-electron chi connectivity index (χ2n) is 4.75. The van der Waals surface area contributed by atoms with Gasteiger partial charge in [0.2, 0.25) is 0 Å². The lowest BCUT2D eigenvalue weighted by molar-refractivity contribution is 0.527. The molecule has 6 heteroatoms. The molecule has 1 aromatic heterocycles. The molecule has 1 heterocycles. The van der Waals surface area contributed by atoms with Crippen molar-refractivity contribution in [2.24, 2.45) is 0 Å². The molecule has 1 unspecified atom stereocenters. The Morgan fingerprint density at radius 3 is 2.86 bits per heavy atom. The van der Waals surface area contributed by atoms with Gasteiger partial charge in [0.25, 0.3) is 0 Å². The molecular weight excluding hydrogens is 464 g/mol. The number of halogens is 3. The quantitative estimate of drug-likeness (QED) is 0.587. The predicted molar refractivity (Wildman–Crippen MR) is 99.9 cm³/mol. The van der Waals surface area contributed by atoms with E-state index in [0.717, 1.165) is 34.7 Å². The molecule has 3 nitrogen and oxygen atoms in total. The van der Waals surface area contributed by atoms with Gasteiger partial charge in [0.1, 0.15) is 0 Å². The minimum Gasteiger partial charge on any atom is -0.305 e. The lowest BCUT2D eigenvalue weighted by atomic mass is 10.0. The van der Waals surface area contributed by atoms with Gasteiger partial charge in [-0.15, -0.1) is 0 Å². The fourth-order valence-corrected chi connectivity index (χ4v) is 3.64. The van der Waals surface area contributed by atoms with Crippen LogP contribution in [0.3, 0.4) is 0 Å². The monoisotopic (exact) mass is 481 g/mol. The lowest BCUT2D eigenvalue weighted by Gasteiger charge is -2.22. The predicted octanol–water partition coefficient (Wildman–Crippen LogP) is 5.01. The summed E-state index contributed by atoms with van der Waals surface area (Å²) >= 11 is 12.2. The standard InChI is InChI=1S/C15H18BrClIN3/c1-3-7-19-14(11-8-10(17)5-6-13(11)18)15-12(16)9-20-21(15)4-2/h5-6,8-9,14,19H,3-4,7H2,1-2H3. The van der Waals surface area contributed by atoms with Crippen LogP contribution in [0, 0.1) is 3.57 Å². The fraction of sp³-hybridized carbons (Fsp3) is 0.400. The zero-order chi connectivity index (χ0) is 15.4. The van der Waals surface area contributed by atoms with Crippen molar-refractivity contribution in [1.82, 2.24) is 15.1 Å². The van der Waals surface area contributed by atoms with Gasteiger partial charge in [-0.25, -0.2) is 0 Å². The summed E-state index contributed by atoms with van der Waals surface area (Å²) in [6.07, 6.45) is 2.93. The van der Waals surface area contributed by atoms with Crippen LogP contribution in [0.25, 0.3) is 0 Å². The Hall–Kier alpha value is -0.110. The average Bonchev–Trinajstić information content (AvgIpc) is 2.84. The fourth-order valence-electron chi connectivity index (χ4n) is 2.29. The third-order valence-corrected chi connectivity index (χ3v) is 5.10. The SMILES string of the molecule is CCCNC(c1cc(Cl)ccc1I)c1c(Br)cnn1CC. The molecule has 2 rings (SSSR count). The zero-order valence-electron chi connectivity index (χ0n) is 12.0. The molecule has 1 N–H and O–H groups in total. The Morgan fingerprint density at radius 2 is 2.19 bits per heavy atom. The van der Waals surface area contributed by atoms with E-state index < -0.39 is 0 Å². The van der Waals surface area contributed by atoms with Gasteiger partial charge in [0.05, 0.1) is 22.4 Å². The largest absolute Gasteiger partial charge is 0.305 e. The molecule has 2 aromatic rings. The number of hydrogen-bond acceptors (Lipinski definition) is 2. The van der Waals surface area contributed by atoms with Gasteiger partial charge in [-0.1, -0.05) is 18.5 Å². The third kappa shape index (κ3) is 4.00. The Labute approximate surface area is 152 Å². The van der Waals surface area contributed by atoms with Gasteiger partial charge >= 0.3 is 0 Å². The molecule has 0 saturated heterocycles. The van der Waals surface area contributed by atoms with Crippen LogP contribution in [0.15, 0.2) is 28.9 Å². The van der Waals surface area contributed by atoms with Gasteiger partial charge in [0.15, 0.2) is 0 Å². The van der Waals surface area contributed by atoms with Crippen LogP contribution >= 0.6 is 50.1 Å². The van der Waals surface area contributed by atoms with E-state index in [2.05, 4.69) is 68.9 Å². The molecular formula is C15H18BrClIN3. The second kappa shape index (κ2) is 7.94. The van der Waals surface area contributed by atoms with E-state index in [9.17, 15) is 0 Å². The van der Waals surface area contributed by atoms with Crippen LogP contribution in [0.5, 0.6) is 0 Å². The van der Waals surface area contributed by atoms with Gasteiger partial charge in [0, 0.05) is 15.1 Å². The van der Waals surface area contributed by atoms with E-state index in [1.807, 2.05) is 23.0 Å². The smallest absolute Gasteiger partial charge is 0.0770 e. The van der Waals surface area contributed by atoms with Gasteiger partial charge in [-0.05, 0) is 82.2 Å². The highest BCUT2D eigenvalue weighted by molar-refractivity contribution is 14.1. The first-order valence-electron chi connectivity index (χ1n) is 6.98. The number of nitrogens with one attached hydrogen (secondary N) is 1. The number of rotatable bonds is 6. The minimum atomic E-state index is 0.0763. The summed E-state index contributed by atoms with van der Waals surface area (Å²) in [5, 5.41) is 8.81. The van der Waals surface area contributed by atoms with E-state index in [4.69, 9.17) is 11.6 Å². The molecule has 0 fully saturated rings. The maximum absolute atomic E-state index is 6.20. The van der Waals surface area contributed by atoms with Crippen molar-refractivity contribution in [3.63, 3.8) is 0 Å². The Bertz CT molecular complexity index is 615. The minimum absolute atomic E-state index is 0.0763. The molecule has 0 aliphatic heterocycles. The highest BCUT2D eigenvalue weighted by Gasteiger charge is 2.23. The van der Waals surface area contributed by atoms with E-state index in [-0.39, 0.29) is 6.04 Å². The maximum atomic E-state index is 6.20. The van der Waals surface area contributed by atoms with E-state index in [0.29, 0.717) is 0 Å². The Kier molecular flexibility index (Phi) is 6.52. The van der Waals surface area contributed by atoms with Crippen molar-refractivity contribution >= 4 is 50.1 Å². The summed E-state index contributed by atoms with van der Waals surface area (Å²) in [5.74, 6) is 0. The summed E-state index contributed by atoms with van der Waals surface area (Å²) < 4.78 is 4.24. The van der Waals surface area contributed by atoms with Crippen LogP contribution in [0.4, 0.5) is 0 Å². The van der Waals surface area contributed by atoms with Crippen molar-refractivity contribution in [3.8, 4) is 0 Å². The summed E-state index contributed by atoms with van der Waals surface area (Å²) in [6.45, 7) is 6.04. The molecule has 0 bridgehead atoms. The number of benzene rings is 1. The molecule has 0 radical (unpaired) electrons. The number of hydrogen-bond donors (Lipinski definition) is 1. The summed E-state index contributed by atoms with van der Waals surface area (Å²) in [4.78, 5) is 0. The number of aryl methyl sites for hydroxylation is 1. The van der Waals surface area contributed by atoms with Crippen LogP contribution in [-0.4, -0.2) is 16.3 Å². The molecule has 0 saturated carbocycles. The van der Waals surface area contributed by atoms with Crippen molar-refractivity contribution < 1.29 is 0 Å². The second-order valence-corrected chi connectivity index (χ2v) is 7.20. The lowest BCUT2D eigenvalue weighted by Crippen LogP contribution is -2.27. The van der Waals surface area contributed by atoms with E-state index in [1.165, 1.54) is 9.13 Å². The maximum Gasteiger partial charge on any atom is 0.0770 e. The Morgan fingerprint density at radius 1 is 1.43 bits per heavy atom. The summed E-state index contributed by atoms with van der Waals surface area (Å²) in [6, 6.07) is 6.10. The summed E-state index contributed by atoms with van der Waals surface area (Å²) in [7, 11) is 0. The van der Waals surface area contributed by atoms with Crippen molar-refractivity contribution in [3.05, 3.63) is 48.7 Å². The normalized spacial score (nSPS) is 12.6. The van der Waals surface area contributed by atoms with Crippen molar-refractivity contribution in [1.29, 1.82) is 0 Å². The molecule has 114 valence electrons. The van der Waals surface area contributed by atoms with E-state index >= 15 is 0 Å². The van der Waals surface area contributed by atoms with Gasteiger partial charge < -0.3 is 5.32 Å². The molecule has 1 atom stereocenters. The van der Waals surface area contributed by atoms with Crippen LogP contribution in [0.1, 0.15) is 37.6 Å². The zero-order valence-corrected chi connectivity index (χ0v) is 16.5. The highest BCUT2D eigenvalue weighted by Crippen LogP contribution is 2.32. The first-order chi connectivity index (χ1) is 10.1. The molecule has 0 aliphatic rings. The number of nitrogens with zero attached hydrogens (tertiary/aromatic N) is 2. The van der Waals surface area contributed by atoms with Crippen LogP contribution in [0.2, 0.25) is 5.02 Å². The topological polar surface area (TPSA) is 29.9 Å². The molecule has 21 heavy (non-hydrogen) atoms. The summed E-state index contributed by atoms with van der Waals surface area (Å²) in [5.41, 5.74) is 2.33. The van der Waals surface area contributed by atoms with Crippen LogP contribution in [-0.2, 0) is 6.54 Å². The molecule has 0 spiro atoms. The van der Waals surface area contributed by atoms with Crippen molar-refractivity contribution in [2.75, 3.05) is 6.54 Å². The molecule has 1 aromatic carbocycles.